The van der Waals surface area contributed by atoms with E-state index in [2.05, 4.69) is 67.5 Å². The van der Waals surface area contributed by atoms with Gasteiger partial charge in [-0.15, -0.1) is 0 Å². The number of aliphatic hydroxyl groups excluding tert-OH is 2. The van der Waals surface area contributed by atoms with Crippen LogP contribution in [0.4, 0.5) is 0 Å². The molecule has 0 unspecified atom stereocenters. The molecule has 8 amide bonds. The van der Waals surface area contributed by atoms with Crippen LogP contribution in [0.5, 0.6) is 0 Å². The Hall–Kier alpha value is -6.00. The number of unbranched alkanes of at least 4 members (excludes halogenated alkanes) is 1. The topological polar surface area (TPSA) is 430 Å². The average molecular weight is 942 g/mol. The van der Waals surface area contributed by atoms with E-state index in [0.717, 1.165) is 0 Å². The third kappa shape index (κ3) is 17.3. The molecule has 0 bridgehead atoms. The maximum absolute atomic E-state index is 14.0. The number of aliphatic carboxylic acids is 2. The first-order valence-corrected chi connectivity index (χ1v) is 20.9. The second-order valence-electron chi connectivity index (χ2n) is 14.2. The number of rotatable bonds is 29. The fourth-order valence-electron chi connectivity index (χ4n) is 5.85. The fraction of sp³-hybridized carbons (Fsp3) is 0.514. The van der Waals surface area contributed by atoms with E-state index in [4.69, 9.17) is 22.3 Å². The second-order valence-corrected chi connectivity index (χ2v) is 14.9. The lowest BCUT2D eigenvalue weighted by Gasteiger charge is -2.27. The quantitative estimate of drug-likeness (QED) is 0.0267. The Labute approximate surface area is 376 Å². The Morgan fingerprint density at radius 2 is 1.09 bits per heavy atom. The lowest BCUT2D eigenvalue weighted by molar-refractivity contribution is -0.147. The van der Waals surface area contributed by atoms with Crippen molar-refractivity contribution in [2.75, 3.05) is 31.3 Å². The molecule has 2 aromatic rings. The van der Waals surface area contributed by atoms with Gasteiger partial charge in [-0.2, -0.15) is 25.3 Å². The Bertz CT molecular complexity index is 1990. The van der Waals surface area contributed by atoms with Crippen LogP contribution in [-0.2, 0) is 54.4 Å². The van der Waals surface area contributed by atoms with Gasteiger partial charge in [0.1, 0.15) is 42.3 Å². The zero-order valence-electron chi connectivity index (χ0n) is 34.3. The van der Waals surface area contributed by atoms with Crippen LogP contribution in [-0.4, -0.2) is 164 Å². The molecule has 0 aliphatic rings. The first kappa shape index (κ1) is 54.1. The molecule has 18 N–H and O–H groups in total. The van der Waals surface area contributed by atoms with Gasteiger partial charge in [-0.1, -0.05) is 18.2 Å². The molecule has 27 heteroatoms. The zero-order chi connectivity index (χ0) is 48.1. The summed E-state index contributed by atoms with van der Waals surface area (Å²) in [5.41, 5.74) is 17.5. The third-order valence-corrected chi connectivity index (χ3v) is 10.1. The van der Waals surface area contributed by atoms with Crippen molar-refractivity contribution in [3.8, 4) is 0 Å². The number of nitrogens with two attached hydrogens (primary N) is 3. The number of amides is 8. The van der Waals surface area contributed by atoms with Crippen LogP contribution in [0.2, 0.25) is 0 Å². The molecule has 354 valence electrons. The van der Waals surface area contributed by atoms with Gasteiger partial charge in [-0.05, 0) is 37.4 Å². The molecule has 0 radical (unpaired) electrons. The predicted octanol–water partition coefficient (Wildman–Crippen LogP) is -6.16. The van der Waals surface area contributed by atoms with E-state index in [1.54, 1.807) is 30.5 Å². The Morgan fingerprint density at radius 1 is 0.609 bits per heavy atom. The normalized spacial score (nSPS) is 14.8. The van der Waals surface area contributed by atoms with Crippen molar-refractivity contribution >= 4 is 95.4 Å². The number of para-hydroxylation sites is 1. The van der Waals surface area contributed by atoms with Crippen LogP contribution in [0.25, 0.3) is 10.9 Å². The van der Waals surface area contributed by atoms with Crippen molar-refractivity contribution < 1.29 is 68.4 Å². The summed E-state index contributed by atoms with van der Waals surface area (Å²) in [4.78, 5) is 130. The van der Waals surface area contributed by atoms with Crippen LogP contribution >= 0.6 is 25.3 Å². The predicted molar refractivity (Wildman–Crippen MR) is 232 cm³/mol. The molecule has 25 nitrogen and oxygen atoms in total. The highest BCUT2D eigenvalue weighted by atomic mass is 32.1. The van der Waals surface area contributed by atoms with Crippen molar-refractivity contribution in [1.29, 1.82) is 0 Å². The van der Waals surface area contributed by atoms with Crippen LogP contribution in [0.15, 0.2) is 30.5 Å². The summed E-state index contributed by atoms with van der Waals surface area (Å²) in [6.07, 6.45) is 0.119. The van der Waals surface area contributed by atoms with Crippen molar-refractivity contribution in [3.63, 3.8) is 0 Å². The molecule has 0 spiro atoms. The van der Waals surface area contributed by atoms with Crippen molar-refractivity contribution in [2.45, 2.75) is 86.9 Å². The molecule has 1 aromatic heterocycles. The average Bonchev–Trinajstić information content (AvgIpc) is 3.66. The van der Waals surface area contributed by atoms with Crippen molar-refractivity contribution in [1.82, 2.24) is 42.2 Å². The van der Waals surface area contributed by atoms with E-state index in [1.807, 2.05) is 0 Å². The second kappa shape index (κ2) is 27.2. The molecular formula is C37H55N11O14S2. The highest BCUT2D eigenvalue weighted by Gasteiger charge is 2.35. The van der Waals surface area contributed by atoms with E-state index < -0.39 is 139 Å². The number of H-pyrrole nitrogens is 1. The largest absolute Gasteiger partial charge is 0.481 e. The molecule has 1 aromatic carbocycles. The number of carbonyl (C=O) groups is 10. The van der Waals surface area contributed by atoms with Gasteiger partial charge in [-0.25, -0.2) is 4.79 Å². The van der Waals surface area contributed by atoms with E-state index in [1.165, 1.54) is 0 Å². The SMILES string of the molecule is NCCCC[C@H](NC(=O)[C@H](CO)NC(=O)[C@H](Cc1c[nH]c2ccccc12)NC(=O)[C@H](CS)NC(=O)[C@H](CO)NC(=O)[C@H](CC(N)=O)NC(=O)[C@@H](N)CS)C(=O)N[C@@H](CC(=O)O)C(=O)O. The molecule has 0 aliphatic carbocycles. The number of carboxylic acid groups (broad SMARTS) is 2. The minimum absolute atomic E-state index is 0.104. The number of thiol groups is 2. The number of carboxylic acids is 2. The van der Waals surface area contributed by atoms with Crippen LogP contribution in [0.1, 0.15) is 37.7 Å². The van der Waals surface area contributed by atoms with Gasteiger partial charge in [-0.3, -0.25) is 43.2 Å². The van der Waals surface area contributed by atoms with Crippen molar-refractivity contribution in [3.05, 3.63) is 36.0 Å². The minimum atomic E-state index is -1.86. The lowest BCUT2D eigenvalue weighted by Crippen LogP contribution is -2.61. The van der Waals surface area contributed by atoms with Gasteiger partial charge in [0.2, 0.25) is 47.3 Å². The summed E-state index contributed by atoms with van der Waals surface area (Å²) in [7, 11) is 0. The molecular weight excluding hydrogens is 887 g/mol. The van der Waals surface area contributed by atoms with Crippen LogP contribution in [0.3, 0.4) is 0 Å². The van der Waals surface area contributed by atoms with E-state index in [9.17, 15) is 63.3 Å². The fourth-order valence-corrected chi connectivity index (χ4v) is 6.28. The van der Waals surface area contributed by atoms with Gasteiger partial charge in [0.15, 0.2) is 0 Å². The third-order valence-electron chi connectivity index (χ3n) is 9.32. The number of nitrogens with one attached hydrogen (secondary N) is 8. The number of aliphatic hydroxyl groups is 2. The number of aromatic nitrogens is 1. The molecule has 2 rings (SSSR count). The monoisotopic (exact) mass is 941 g/mol. The summed E-state index contributed by atoms with van der Waals surface area (Å²) in [6, 6.07) is -5.88. The number of hydrogen-bond donors (Lipinski definition) is 17. The molecule has 8 atom stereocenters. The van der Waals surface area contributed by atoms with Crippen LogP contribution in [0, 0.1) is 0 Å². The van der Waals surface area contributed by atoms with E-state index in [-0.39, 0.29) is 31.6 Å². The summed E-state index contributed by atoms with van der Waals surface area (Å²) in [5.74, 6) is -12.1. The Balaban J connectivity index is 2.35. The molecule has 0 saturated heterocycles. The Kier molecular flexibility index (Phi) is 23.0. The summed E-state index contributed by atoms with van der Waals surface area (Å²) < 4.78 is 0. The molecule has 0 fully saturated rings. The molecule has 1 heterocycles. The standard InChI is InChI=1S/C37H55N11O14S2/c38-8-4-3-7-21(31(55)45-24(37(61)62)11-29(52)53)42-34(58)25(13-49)46-32(56)22(9-17-12-41-20-6-2-1-5-18(17)20)44-36(60)27(16-64)48-35(59)26(14-50)47-33(57)23(10-28(40)51)43-30(54)19(39)15-63/h1-2,5-6,12,19,21-27,41,49-50,63-64H,3-4,7-11,13-16,38-39H2,(H2,40,51)(H,42,58)(H,43,54)(H,44,60)(H,45,55)(H,46,56)(H,47,57)(H,48,59)(H,52,53)(H,61,62)/t19-,21-,22-,23-,24-,25-,26-,27-/m0/s1. The van der Waals surface area contributed by atoms with Crippen molar-refractivity contribution in [2.24, 2.45) is 17.2 Å². The first-order chi connectivity index (χ1) is 30.3. The van der Waals surface area contributed by atoms with E-state index in [0.29, 0.717) is 22.9 Å². The van der Waals surface area contributed by atoms with Gasteiger partial charge < -0.3 is 79.8 Å². The number of benzene rings is 1. The maximum Gasteiger partial charge on any atom is 0.326 e. The van der Waals surface area contributed by atoms with Gasteiger partial charge in [0.05, 0.1) is 32.1 Å². The lowest BCUT2D eigenvalue weighted by atomic mass is 10.0. The number of carbonyl (C=O) groups excluding carboxylic acids is 8. The number of fused-ring (bicyclic) bond motifs is 1. The molecule has 0 saturated carbocycles. The van der Waals surface area contributed by atoms with Gasteiger partial charge in [0.25, 0.3) is 0 Å². The van der Waals surface area contributed by atoms with E-state index >= 15 is 0 Å². The zero-order valence-corrected chi connectivity index (χ0v) is 36.1. The highest BCUT2D eigenvalue weighted by molar-refractivity contribution is 7.80. The smallest absolute Gasteiger partial charge is 0.326 e. The highest BCUT2D eigenvalue weighted by Crippen LogP contribution is 2.19. The van der Waals surface area contributed by atoms with Crippen LogP contribution < -0.4 is 54.4 Å². The van der Waals surface area contributed by atoms with Gasteiger partial charge >= 0.3 is 11.9 Å². The summed E-state index contributed by atoms with van der Waals surface area (Å²) in [6.45, 7) is -1.89. The number of hydrogen-bond acceptors (Lipinski definition) is 16. The molecule has 0 aliphatic heterocycles. The first-order valence-electron chi connectivity index (χ1n) is 19.6. The Morgan fingerprint density at radius 3 is 1.62 bits per heavy atom. The van der Waals surface area contributed by atoms with Gasteiger partial charge in [0, 0.05) is 35.0 Å². The number of aromatic amines is 1. The maximum atomic E-state index is 14.0. The summed E-state index contributed by atoms with van der Waals surface area (Å²) >= 11 is 8.04. The minimum Gasteiger partial charge on any atom is -0.481 e. The molecule has 64 heavy (non-hydrogen) atoms. The number of primary amides is 1. The summed E-state index contributed by atoms with van der Waals surface area (Å²) in [5, 5.41) is 55.2.